The maximum Gasteiger partial charge on any atom is 0.259 e. The Bertz CT molecular complexity index is 803. The molecule has 1 amide bonds. The van der Waals surface area contributed by atoms with Gasteiger partial charge >= 0.3 is 0 Å². The Balaban J connectivity index is 2.04. The summed E-state index contributed by atoms with van der Waals surface area (Å²) in [5.74, 6) is 0.521. The van der Waals surface area contributed by atoms with Crippen LogP contribution in [0.15, 0.2) is 10.6 Å². The minimum Gasteiger partial charge on any atom is -0.336 e. The van der Waals surface area contributed by atoms with Crippen LogP contribution in [0.1, 0.15) is 27.6 Å². The van der Waals surface area contributed by atoms with Crippen LogP contribution in [-0.2, 0) is 0 Å². The van der Waals surface area contributed by atoms with E-state index in [0.717, 1.165) is 0 Å². The van der Waals surface area contributed by atoms with E-state index < -0.39 is 0 Å². The quantitative estimate of drug-likeness (QED) is 0.731. The second-order valence-corrected chi connectivity index (χ2v) is 4.46. The molecule has 0 spiro atoms. The van der Waals surface area contributed by atoms with Gasteiger partial charge in [-0.3, -0.25) is 15.2 Å². The highest BCUT2D eigenvalue weighted by Gasteiger charge is 2.18. The Labute approximate surface area is 113 Å². The number of aromatic nitrogens is 5. The molecular weight excluding hydrogens is 260 g/mol. The maximum atomic E-state index is 12.3. The van der Waals surface area contributed by atoms with Crippen molar-refractivity contribution in [1.29, 1.82) is 0 Å². The molecule has 3 heterocycles. The highest BCUT2D eigenvalue weighted by atomic mass is 16.5. The van der Waals surface area contributed by atoms with Crippen molar-refractivity contribution in [2.75, 3.05) is 5.32 Å². The lowest BCUT2D eigenvalue weighted by Crippen LogP contribution is -2.14. The fourth-order valence-electron chi connectivity index (χ4n) is 1.96. The monoisotopic (exact) mass is 272 g/mol. The normalized spacial score (nSPS) is 10.9. The van der Waals surface area contributed by atoms with Gasteiger partial charge in [-0.15, -0.1) is 5.10 Å². The summed E-state index contributed by atoms with van der Waals surface area (Å²) in [4.78, 5) is 20.6. The van der Waals surface area contributed by atoms with Crippen LogP contribution < -0.4 is 5.32 Å². The summed E-state index contributed by atoms with van der Waals surface area (Å²) < 4.78 is 5.10. The number of nitrogens with one attached hydrogen (secondary N) is 2. The number of aryl methyl sites for hydroxylation is 3. The number of aromatic amines is 1. The van der Waals surface area contributed by atoms with Gasteiger partial charge in [0.1, 0.15) is 5.82 Å². The number of anilines is 1. The third kappa shape index (κ3) is 2.00. The zero-order valence-corrected chi connectivity index (χ0v) is 11.2. The molecular formula is C12H12N6O2. The number of rotatable bonds is 2. The zero-order valence-electron chi connectivity index (χ0n) is 11.2. The van der Waals surface area contributed by atoms with Crippen LogP contribution >= 0.6 is 0 Å². The van der Waals surface area contributed by atoms with Gasteiger partial charge in [-0.1, -0.05) is 5.16 Å². The van der Waals surface area contributed by atoms with Gasteiger partial charge in [-0.05, 0) is 26.8 Å². The predicted molar refractivity (Wildman–Crippen MR) is 70.4 cm³/mol. The van der Waals surface area contributed by atoms with E-state index in [4.69, 9.17) is 4.52 Å². The molecule has 8 nitrogen and oxygen atoms in total. The van der Waals surface area contributed by atoms with Crippen molar-refractivity contribution in [2.45, 2.75) is 20.8 Å². The van der Waals surface area contributed by atoms with Crippen molar-refractivity contribution >= 4 is 23.0 Å². The third-order valence-corrected chi connectivity index (χ3v) is 2.81. The number of amides is 1. The van der Waals surface area contributed by atoms with E-state index in [0.29, 0.717) is 33.9 Å². The molecule has 0 fully saturated rings. The molecule has 102 valence electrons. The fraction of sp³-hybridized carbons (Fsp3) is 0.250. The van der Waals surface area contributed by atoms with Crippen LogP contribution in [0.25, 0.3) is 11.1 Å². The van der Waals surface area contributed by atoms with Crippen molar-refractivity contribution in [1.82, 2.24) is 25.3 Å². The lowest BCUT2D eigenvalue weighted by molar-refractivity contribution is 0.102. The molecule has 0 saturated heterocycles. The molecule has 0 aliphatic heterocycles. The molecule has 3 aromatic rings. The molecule has 2 N–H and O–H groups in total. The molecule has 3 rings (SSSR count). The summed E-state index contributed by atoms with van der Waals surface area (Å²) in [5, 5.41) is 13.6. The Hall–Kier alpha value is -2.77. The molecule has 0 aliphatic carbocycles. The van der Waals surface area contributed by atoms with Crippen molar-refractivity contribution in [3.8, 4) is 0 Å². The summed E-state index contributed by atoms with van der Waals surface area (Å²) in [7, 11) is 0. The lowest BCUT2D eigenvalue weighted by Gasteiger charge is -2.03. The Kier molecular flexibility index (Phi) is 2.70. The minimum absolute atomic E-state index is 0.226. The van der Waals surface area contributed by atoms with E-state index in [-0.39, 0.29) is 11.9 Å². The summed E-state index contributed by atoms with van der Waals surface area (Å²) in [5.41, 5.74) is 2.07. The van der Waals surface area contributed by atoms with Crippen LogP contribution in [0.3, 0.4) is 0 Å². The van der Waals surface area contributed by atoms with E-state index >= 15 is 0 Å². The molecule has 0 aliphatic rings. The second kappa shape index (κ2) is 4.41. The van der Waals surface area contributed by atoms with Gasteiger partial charge in [-0.2, -0.15) is 4.98 Å². The van der Waals surface area contributed by atoms with E-state index in [1.165, 1.54) is 0 Å². The van der Waals surface area contributed by atoms with Gasteiger partial charge in [0.05, 0.1) is 16.6 Å². The van der Waals surface area contributed by atoms with Crippen molar-refractivity contribution in [3.05, 3.63) is 28.8 Å². The molecule has 0 aromatic carbocycles. The van der Waals surface area contributed by atoms with Gasteiger partial charge in [0, 0.05) is 5.69 Å². The third-order valence-electron chi connectivity index (χ3n) is 2.81. The fourth-order valence-corrected chi connectivity index (χ4v) is 1.96. The van der Waals surface area contributed by atoms with E-state index in [2.05, 4.69) is 30.6 Å². The topological polar surface area (TPSA) is 110 Å². The summed E-state index contributed by atoms with van der Waals surface area (Å²) in [6.45, 7) is 5.29. The SMILES string of the molecule is Cc1cc(C(=O)Nc2n[nH]c(C)n2)c2c(C)noc2n1. The Morgan fingerprint density at radius 2 is 2.10 bits per heavy atom. The first-order chi connectivity index (χ1) is 9.54. The van der Waals surface area contributed by atoms with E-state index in [1.54, 1.807) is 26.8 Å². The second-order valence-electron chi connectivity index (χ2n) is 4.46. The van der Waals surface area contributed by atoms with Gasteiger partial charge in [0.2, 0.25) is 5.95 Å². The first kappa shape index (κ1) is 12.3. The number of carbonyl (C=O) groups excluding carboxylic acids is 1. The van der Waals surface area contributed by atoms with Crippen LogP contribution in [-0.4, -0.2) is 31.2 Å². The zero-order chi connectivity index (χ0) is 14.3. The van der Waals surface area contributed by atoms with Crippen molar-refractivity contribution in [2.24, 2.45) is 0 Å². The minimum atomic E-state index is -0.328. The van der Waals surface area contributed by atoms with Gasteiger partial charge in [0.15, 0.2) is 0 Å². The van der Waals surface area contributed by atoms with E-state index in [1.807, 2.05) is 0 Å². The maximum absolute atomic E-state index is 12.3. The van der Waals surface area contributed by atoms with E-state index in [9.17, 15) is 4.79 Å². The predicted octanol–water partition coefficient (Wildman–Crippen LogP) is 1.52. The Morgan fingerprint density at radius 1 is 1.30 bits per heavy atom. The highest BCUT2D eigenvalue weighted by Crippen LogP contribution is 2.22. The standard InChI is InChI=1S/C12H12N6O2/c1-5-4-8(9-6(2)18-20-11(9)13-5)10(19)15-12-14-7(3)16-17-12/h4H,1-3H3,(H2,14,15,16,17,19). The molecule has 8 heteroatoms. The van der Waals surface area contributed by atoms with Gasteiger partial charge < -0.3 is 4.52 Å². The first-order valence-electron chi connectivity index (χ1n) is 5.98. The van der Waals surface area contributed by atoms with Gasteiger partial charge in [-0.25, -0.2) is 4.98 Å². The number of H-pyrrole nitrogens is 1. The largest absolute Gasteiger partial charge is 0.336 e. The summed E-state index contributed by atoms with van der Waals surface area (Å²) in [6.07, 6.45) is 0. The molecule has 0 radical (unpaired) electrons. The number of hydrogen-bond acceptors (Lipinski definition) is 6. The average molecular weight is 272 g/mol. The number of hydrogen-bond donors (Lipinski definition) is 2. The van der Waals surface area contributed by atoms with Gasteiger partial charge in [0.25, 0.3) is 11.6 Å². The number of carbonyl (C=O) groups is 1. The van der Waals surface area contributed by atoms with Crippen molar-refractivity contribution in [3.63, 3.8) is 0 Å². The molecule has 0 atom stereocenters. The Morgan fingerprint density at radius 3 is 2.80 bits per heavy atom. The smallest absolute Gasteiger partial charge is 0.259 e. The first-order valence-corrected chi connectivity index (χ1v) is 5.98. The molecule has 0 bridgehead atoms. The molecule has 0 unspecified atom stereocenters. The van der Waals surface area contributed by atoms with Crippen LogP contribution in [0.4, 0.5) is 5.95 Å². The number of pyridine rings is 1. The molecule has 20 heavy (non-hydrogen) atoms. The van der Waals surface area contributed by atoms with Crippen LogP contribution in [0.2, 0.25) is 0 Å². The number of nitrogens with zero attached hydrogens (tertiary/aromatic N) is 4. The molecule has 0 saturated carbocycles. The average Bonchev–Trinajstić information content (AvgIpc) is 2.95. The highest BCUT2D eigenvalue weighted by molar-refractivity contribution is 6.11. The summed E-state index contributed by atoms with van der Waals surface area (Å²) in [6, 6.07) is 1.68. The van der Waals surface area contributed by atoms with Crippen LogP contribution in [0, 0.1) is 20.8 Å². The summed E-state index contributed by atoms with van der Waals surface area (Å²) >= 11 is 0. The van der Waals surface area contributed by atoms with Crippen LogP contribution in [0.5, 0.6) is 0 Å². The molecule has 3 aromatic heterocycles. The van der Waals surface area contributed by atoms with Crippen molar-refractivity contribution < 1.29 is 9.32 Å². The lowest BCUT2D eigenvalue weighted by atomic mass is 10.1. The number of fused-ring (bicyclic) bond motifs is 1.